The quantitative estimate of drug-likeness (QED) is 0.894. The van der Waals surface area contributed by atoms with Gasteiger partial charge in [-0.2, -0.15) is 5.10 Å². The Morgan fingerprint density at radius 1 is 1.45 bits per heavy atom. The lowest BCUT2D eigenvalue weighted by molar-refractivity contribution is -0.118. The van der Waals surface area contributed by atoms with Crippen molar-refractivity contribution >= 4 is 11.6 Å². The standard InChI is InChI=1S/C14H17FN4O/c1-9-4-5-11(15)12(6-9)18-14(20)13(16-2)10-7-17-19(3)8-10/h4-8,13,16H,1-3H3,(H,18,20). The molecule has 106 valence electrons. The first kappa shape index (κ1) is 14.2. The number of carbonyl (C=O) groups is 1. The van der Waals surface area contributed by atoms with Gasteiger partial charge in [-0.05, 0) is 31.7 Å². The van der Waals surface area contributed by atoms with Crippen LogP contribution in [0.25, 0.3) is 0 Å². The molecule has 0 bridgehead atoms. The monoisotopic (exact) mass is 276 g/mol. The highest BCUT2D eigenvalue weighted by Crippen LogP contribution is 2.19. The molecule has 1 heterocycles. The molecule has 0 aliphatic carbocycles. The molecule has 0 fully saturated rings. The Bertz CT molecular complexity index is 623. The Morgan fingerprint density at radius 3 is 2.80 bits per heavy atom. The van der Waals surface area contributed by atoms with E-state index in [1.165, 1.54) is 6.07 Å². The zero-order chi connectivity index (χ0) is 14.7. The van der Waals surface area contributed by atoms with Gasteiger partial charge in [0.05, 0.1) is 11.9 Å². The largest absolute Gasteiger partial charge is 0.322 e. The number of carbonyl (C=O) groups excluding carboxylic acids is 1. The Balaban J connectivity index is 2.19. The van der Waals surface area contributed by atoms with Crippen LogP contribution < -0.4 is 10.6 Å². The molecular formula is C14H17FN4O. The molecule has 1 atom stereocenters. The van der Waals surface area contributed by atoms with E-state index in [9.17, 15) is 9.18 Å². The fourth-order valence-corrected chi connectivity index (χ4v) is 1.98. The maximum Gasteiger partial charge on any atom is 0.246 e. The molecule has 6 heteroatoms. The Kier molecular flexibility index (Phi) is 4.14. The molecule has 0 radical (unpaired) electrons. The van der Waals surface area contributed by atoms with Crippen molar-refractivity contribution < 1.29 is 9.18 Å². The minimum atomic E-state index is -0.580. The second-order valence-electron chi connectivity index (χ2n) is 4.64. The first-order valence-corrected chi connectivity index (χ1v) is 6.24. The van der Waals surface area contributed by atoms with Crippen molar-refractivity contribution in [2.75, 3.05) is 12.4 Å². The summed E-state index contributed by atoms with van der Waals surface area (Å²) in [5.74, 6) is -0.782. The summed E-state index contributed by atoms with van der Waals surface area (Å²) in [4.78, 5) is 12.2. The summed E-state index contributed by atoms with van der Waals surface area (Å²) in [6.07, 6.45) is 3.35. The van der Waals surface area contributed by atoms with Gasteiger partial charge >= 0.3 is 0 Å². The molecule has 20 heavy (non-hydrogen) atoms. The van der Waals surface area contributed by atoms with Gasteiger partial charge in [0, 0.05) is 18.8 Å². The van der Waals surface area contributed by atoms with Crippen LogP contribution in [0.1, 0.15) is 17.2 Å². The molecule has 2 N–H and O–H groups in total. The molecule has 1 aromatic carbocycles. The van der Waals surface area contributed by atoms with E-state index in [4.69, 9.17) is 0 Å². The molecule has 2 rings (SSSR count). The third-order valence-electron chi connectivity index (χ3n) is 2.99. The number of nitrogens with one attached hydrogen (secondary N) is 2. The summed E-state index contributed by atoms with van der Waals surface area (Å²) in [6.45, 7) is 1.84. The van der Waals surface area contributed by atoms with Crippen LogP contribution in [-0.4, -0.2) is 22.7 Å². The zero-order valence-electron chi connectivity index (χ0n) is 11.6. The predicted octanol–water partition coefficient (Wildman–Crippen LogP) is 1.77. The lowest BCUT2D eigenvalue weighted by Gasteiger charge is -2.15. The SMILES string of the molecule is CNC(C(=O)Nc1cc(C)ccc1F)c1cnn(C)c1. The highest BCUT2D eigenvalue weighted by molar-refractivity contribution is 5.95. The summed E-state index contributed by atoms with van der Waals surface area (Å²) < 4.78 is 15.3. The number of aromatic nitrogens is 2. The maximum absolute atomic E-state index is 13.7. The topological polar surface area (TPSA) is 59.0 Å². The number of likely N-dealkylation sites (N-methyl/N-ethyl adjacent to an activating group) is 1. The van der Waals surface area contributed by atoms with E-state index >= 15 is 0 Å². The molecule has 0 spiro atoms. The molecule has 0 aliphatic rings. The van der Waals surface area contributed by atoms with Gasteiger partial charge in [0.15, 0.2) is 0 Å². The molecule has 0 saturated heterocycles. The Hall–Kier alpha value is -2.21. The van der Waals surface area contributed by atoms with Crippen molar-refractivity contribution in [3.8, 4) is 0 Å². The molecule has 5 nitrogen and oxygen atoms in total. The van der Waals surface area contributed by atoms with Gasteiger partial charge in [-0.15, -0.1) is 0 Å². The highest BCUT2D eigenvalue weighted by atomic mass is 19.1. The van der Waals surface area contributed by atoms with E-state index in [1.54, 1.807) is 43.3 Å². The normalized spacial score (nSPS) is 12.2. The van der Waals surface area contributed by atoms with E-state index in [1.807, 2.05) is 6.92 Å². The van der Waals surface area contributed by atoms with E-state index in [2.05, 4.69) is 15.7 Å². The van der Waals surface area contributed by atoms with Crippen molar-refractivity contribution in [1.29, 1.82) is 0 Å². The van der Waals surface area contributed by atoms with Crippen LogP contribution in [0.15, 0.2) is 30.6 Å². The first-order chi connectivity index (χ1) is 9.51. The molecule has 2 aromatic rings. The van der Waals surface area contributed by atoms with Crippen molar-refractivity contribution in [2.24, 2.45) is 7.05 Å². The van der Waals surface area contributed by atoms with E-state index in [0.29, 0.717) is 0 Å². The summed E-state index contributed by atoms with van der Waals surface area (Å²) in [7, 11) is 3.44. The number of amides is 1. The van der Waals surface area contributed by atoms with E-state index in [0.717, 1.165) is 11.1 Å². The van der Waals surface area contributed by atoms with Crippen LogP contribution in [0, 0.1) is 12.7 Å². The summed E-state index contributed by atoms with van der Waals surface area (Å²) in [5, 5.41) is 9.52. The lowest BCUT2D eigenvalue weighted by Crippen LogP contribution is -2.30. The Morgan fingerprint density at radius 2 is 2.20 bits per heavy atom. The van der Waals surface area contributed by atoms with Crippen molar-refractivity contribution in [3.05, 3.63) is 47.5 Å². The fourth-order valence-electron chi connectivity index (χ4n) is 1.98. The predicted molar refractivity (Wildman–Crippen MR) is 74.8 cm³/mol. The summed E-state index contributed by atoms with van der Waals surface area (Å²) in [5.41, 5.74) is 1.78. The molecule has 0 aliphatic heterocycles. The van der Waals surface area contributed by atoms with Crippen molar-refractivity contribution in [3.63, 3.8) is 0 Å². The highest BCUT2D eigenvalue weighted by Gasteiger charge is 2.21. The summed E-state index contributed by atoms with van der Waals surface area (Å²) >= 11 is 0. The number of benzene rings is 1. The van der Waals surface area contributed by atoms with Crippen LogP contribution in [0.2, 0.25) is 0 Å². The van der Waals surface area contributed by atoms with Crippen molar-refractivity contribution in [2.45, 2.75) is 13.0 Å². The number of rotatable bonds is 4. The van der Waals surface area contributed by atoms with Crippen LogP contribution in [0.5, 0.6) is 0 Å². The van der Waals surface area contributed by atoms with Gasteiger partial charge in [0.25, 0.3) is 0 Å². The van der Waals surface area contributed by atoms with Crippen molar-refractivity contribution in [1.82, 2.24) is 15.1 Å². The van der Waals surface area contributed by atoms with Gasteiger partial charge in [-0.1, -0.05) is 6.07 Å². The molecule has 0 saturated carbocycles. The van der Waals surface area contributed by atoms with E-state index < -0.39 is 11.9 Å². The lowest BCUT2D eigenvalue weighted by atomic mass is 10.1. The second-order valence-corrected chi connectivity index (χ2v) is 4.64. The number of nitrogens with zero attached hydrogens (tertiary/aromatic N) is 2. The summed E-state index contributed by atoms with van der Waals surface area (Å²) in [6, 6.07) is 4.01. The van der Waals surface area contributed by atoms with Gasteiger partial charge in [-0.25, -0.2) is 4.39 Å². The van der Waals surface area contributed by atoms with Crippen LogP contribution in [-0.2, 0) is 11.8 Å². The van der Waals surface area contributed by atoms with E-state index in [-0.39, 0.29) is 11.6 Å². The molecule has 1 amide bonds. The minimum Gasteiger partial charge on any atom is -0.322 e. The molecular weight excluding hydrogens is 259 g/mol. The van der Waals surface area contributed by atoms with Gasteiger partial charge in [0.2, 0.25) is 5.91 Å². The fraction of sp³-hybridized carbons (Fsp3) is 0.286. The van der Waals surface area contributed by atoms with Crippen LogP contribution in [0.4, 0.5) is 10.1 Å². The number of hydrogen-bond donors (Lipinski definition) is 2. The third-order valence-corrected chi connectivity index (χ3v) is 2.99. The average molecular weight is 276 g/mol. The molecule has 1 aromatic heterocycles. The Labute approximate surface area is 116 Å². The number of hydrogen-bond acceptors (Lipinski definition) is 3. The number of anilines is 1. The number of aryl methyl sites for hydroxylation is 2. The minimum absolute atomic E-state index is 0.180. The average Bonchev–Trinajstić information content (AvgIpc) is 2.81. The first-order valence-electron chi connectivity index (χ1n) is 6.24. The number of halogens is 1. The van der Waals surface area contributed by atoms with Gasteiger partial charge in [0.1, 0.15) is 11.9 Å². The second kappa shape index (κ2) is 5.83. The van der Waals surface area contributed by atoms with Gasteiger partial charge < -0.3 is 10.6 Å². The smallest absolute Gasteiger partial charge is 0.246 e. The van der Waals surface area contributed by atoms with Crippen LogP contribution >= 0.6 is 0 Å². The third kappa shape index (κ3) is 3.03. The zero-order valence-corrected chi connectivity index (χ0v) is 11.6. The molecule has 1 unspecified atom stereocenters. The van der Waals surface area contributed by atoms with Crippen LogP contribution in [0.3, 0.4) is 0 Å². The van der Waals surface area contributed by atoms with Gasteiger partial charge in [-0.3, -0.25) is 9.48 Å². The maximum atomic E-state index is 13.7.